The van der Waals surface area contributed by atoms with E-state index in [-0.39, 0.29) is 23.7 Å². The fourth-order valence-electron chi connectivity index (χ4n) is 5.01. The average Bonchev–Trinajstić information content (AvgIpc) is 3.13. The maximum absolute atomic E-state index is 14.1. The van der Waals surface area contributed by atoms with Crippen LogP contribution >= 0.6 is 0 Å². The summed E-state index contributed by atoms with van der Waals surface area (Å²) in [6.07, 6.45) is 1.79. The largest absolute Gasteiger partial charge is 0.453 e. The van der Waals surface area contributed by atoms with E-state index in [0.717, 1.165) is 44.6 Å². The van der Waals surface area contributed by atoms with Gasteiger partial charge in [0.1, 0.15) is 17.7 Å². The van der Waals surface area contributed by atoms with Gasteiger partial charge >= 0.3 is 6.09 Å². The third-order valence-electron chi connectivity index (χ3n) is 6.40. The Balaban J connectivity index is 1.42. The van der Waals surface area contributed by atoms with Gasteiger partial charge < -0.3 is 20.1 Å². The highest BCUT2D eigenvalue weighted by Crippen LogP contribution is 2.36. The van der Waals surface area contributed by atoms with E-state index in [4.69, 9.17) is 15.2 Å². The molecule has 154 valence electrons. The number of likely N-dealkylation sites (tertiary alicyclic amines) is 2. The van der Waals surface area contributed by atoms with Crippen molar-refractivity contribution in [1.82, 2.24) is 9.80 Å². The predicted molar refractivity (Wildman–Crippen MR) is 98.6 cm³/mol. The lowest BCUT2D eigenvalue weighted by Crippen LogP contribution is -2.50. The molecule has 0 aliphatic carbocycles. The Labute approximate surface area is 163 Å². The molecule has 3 fully saturated rings. The first-order valence-corrected chi connectivity index (χ1v) is 9.88. The van der Waals surface area contributed by atoms with Crippen LogP contribution in [-0.2, 0) is 9.47 Å². The van der Waals surface area contributed by atoms with Crippen molar-refractivity contribution in [3.8, 4) is 0 Å². The van der Waals surface area contributed by atoms with Crippen LogP contribution in [0.5, 0.6) is 0 Å². The van der Waals surface area contributed by atoms with Gasteiger partial charge in [-0.05, 0) is 43.4 Å². The van der Waals surface area contributed by atoms with E-state index < -0.39 is 23.8 Å². The molecule has 1 aromatic rings. The second-order valence-corrected chi connectivity index (χ2v) is 8.06. The molecular weight excluding hydrogens is 368 g/mol. The van der Waals surface area contributed by atoms with Crippen LogP contribution in [0.15, 0.2) is 18.2 Å². The number of nitrogens with two attached hydrogens (primary N) is 1. The molecule has 28 heavy (non-hydrogen) atoms. The second kappa shape index (κ2) is 7.93. The number of methoxy groups -OCH3 is 1. The van der Waals surface area contributed by atoms with E-state index in [1.165, 1.54) is 13.2 Å². The second-order valence-electron chi connectivity index (χ2n) is 8.06. The van der Waals surface area contributed by atoms with Gasteiger partial charge in [-0.3, -0.25) is 4.90 Å². The number of amides is 1. The van der Waals surface area contributed by atoms with E-state index in [1.54, 1.807) is 0 Å². The quantitative estimate of drug-likeness (QED) is 0.832. The van der Waals surface area contributed by atoms with E-state index in [2.05, 4.69) is 4.90 Å². The molecule has 3 aliphatic rings. The Hall–Kier alpha value is -1.77. The number of carbonyl (C=O) groups excluding carboxylic acids is 1. The van der Waals surface area contributed by atoms with Gasteiger partial charge in [0.05, 0.1) is 19.8 Å². The third kappa shape index (κ3) is 3.60. The van der Waals surface area contributed by atoms with Gasteiger partial charge in [0.2, 0.25) is 0 Å². The van der Waals surface area contributed by atoms with Crippen molar-refractivity contribution in [3.63, 3.8) is 0 Å². The van der Waals surface area contributed by atoms with E-state index in [9.17, 15) is 13.6 Å². The minimum Gasteiger partial charge on any atom is -0.453 e. The minimum absolute atomic E-state index is 0.105. The predicted octanol–water partition coefficient (Wildman–Crippen LogP) is 2.28. The van der Waals surface area contributed by atoms with Crippen LogP contribution in [0, 0.1) is 17.6 Å². The summed E-state index contributed by atoms with van der Waals surface area (Å²) in [5.74, 6) is -0.579. The van der Waals surface area contributed by atoms with Crippen LogP contribution in [0.25, 0.3) is 0 Å². The lowest BCUT2D eigenvalue weighted by atomic mass is 9.92. The van der Waals surface area contributed by atoms with Crippen LogP contribution in [-0.4, -0.2) is 67.4 Å². The number of hydrogen-bond donors (Lipinski definition) is 1. The summed E-state index contributed by atoms with van der Waals surface area (Å²) in [7, 11) is 1.42. The van der Waals surface area contributed by atoms with Gasteiger partial charge in [0.15, 0.2) is 0 Å². The SMILES string of the molecule is COC(=O)N1CCCC2CN([C@H]3CO[C@H](c4cc(F)ccc4F)[C@@H](N)C3)CC21. The molecule has 6 nitrogen and oxygen atoms in total. The van der Waals surface area contributed by atoms with Gasteiger partial charge in [0, 0.05) is 37.3 Å². The van der Waals surface area contributed by atoms with Gasteiger partial charge in [-0.15, -0.1) is 0 Å². The van der Waals surface area contributed by atoms with Crippen molar-refractivity contribution >= 4 is 6.09 Å². The normalized spacial score (nSPS) is 33.6. The molecule has 0 aromatic heterocycles. The maximum atomic E-state index is 14.1. The highest BCUT2D eigenvalue weighted by atomic mass is 19.1. The lowest BCUT2D eigenvalue weighted by molar-refractivity contribution is -0.0482. The molecule has 3 aliphatic heterocycles. The third-order valence-corrected chi connectivity index (χ3v) is 6.40. The molecule has 0 spiro atoms. The van der Waals surface area contributed by atoms with E-state index >= 15 is 0 Å². The smallest absolute Gasteiger partial charge is 0.409 e. The van der Waals surface area contributed by atoms with Crippen molar-refractivity contribution in [2.24, 2.45) is 11.7 Å². The highest BCUT2D eigenvalue weighted by Gasteiger charge is 2.45. The monoisotopic (exact) mass is 395 g/mol. The molecule has 2 unspecified atom stereocenters. The van der Waals surface area contributed by atoms with Gasteiger partial charge in [-0.2, -0.15) is 0 Å². The molecule has 0 bridgehead atoms. The molecule has 4 rings (SSSR count). The molecule has 3 saturated heterocycles. The molecular formula is C20H27F2N3O3. The Kier molecular flexibility index (Phi) is 5.53. The molecule has 2 N–H and O–H groups in total. The van der Waals surface area contributed by atoms with Crippen molar-refractivity contribution in [1.29, 1.82) is 0 Å². The summed E-state index contributed by atoms with van der Waals surface area (Å²) in [6, 6.07) is 3.20. The standard InChI is InChI=1S/C20H27F2N3O3/c1-27-20(26)25-6-2-3-12-9-24(10-18(12)25)14-8-17(23)19(28-11-14)15-7-13(21)4-5-16(15)22/h4-5,7,12,14,17-19H,2-3,6,8-11,23H2,1H3/t12?,14-,17+,18?,19-/m1/s1. The van der Waals surface area contributed by atoms with Crippen molar-refractivity contribution < 1.29 is 23.0 Å². The first-order chi connectivity index (χ1) is 13.5. The summed E-state index contributed by atoms with van der Waals surface area (Å²) in [5, 5.41) is 0. The number of ether oxygens (including phenoxy) is 2. The Morgan fingerprint density at radius 1 is 1.32 bits per heavy atom. The molecule has 8 heteroatoms. The van der Waals surface area contributed by atoms with Crippen LogP contribution in [0.2, 0.25) is 0 Å². The van der Waals surface area contributed by atoms with Crippen LogP contribution in [0.3, 0.4) is 0 Å². The number of halogens is 2. The van der Waals surface area contributed by atoms with Crippen LogP contribution < -0.4 is 5.73 Å². The highest BCUT2D eigenvalue weighted by molar-refractivity contribution is 5.68. The molecule has 1 amide bonds. The lowest BCUT2D eigenvalue weighted by Gasteiger charge is -2.39. The van der Waals surface area contributed by atoms with Crippen molar-refractivity contribution in [2.75, 3.05) is 33.4 Å². The fourth-order valence-corrected chi connectivity index (χ4v) is 5.01. The summed E-state index contributed by atoms with van der Waals surface area (Å²) >= 11 is 0. The van der Waals surface area contributed by atoms with Gasteiger partial charge in [0.25, 0.3) is 0 Å². The zero-order valence-corrected chi connectivity index (χ0v) is 16.0. The molecule has 5 atom stereocenters. The van der Waals surface area contributed by atoms with Crippen molar-refractivity contribution in [2.45, 2.75) is 43.5 Å². The van der Waals surface area contributed by atoms with Crippen LogP contribution in [0.1, 0.15) is 30.9 Å². The van der Waals surface area contributed by atoms with E-state index in [0.29, 0.717) is 18.9 Å². The fraction of sp³-hybridized carbons (Fsp3) is 0.650. The first kappa shape index (κ1) is 19.5. The number of benzene rings is 1. The Morgan fingerprint density at radius 2 is 2.14 bits per heavy atom. The Morgan fingerprint density at radius 3 is 2.89 bits per heavy atom. The molecule has 3 heterocycles. The topological polar surface area (TPSA) is 68.0 Å². The molecule has 0 radical (unpaired) electrons. The number of carbonyl (C=O) groups is 1. The summed E-state index contributed by atoms with van der Waals surface area (Å²) in [5.41, 5.74) is 6.48. The molecule has 1 aromatic carbocycles. The first-order valence-electron chi connectivity index (χ1n) is 9.88. The minimum atomic E-state index is -0.650. The van der Waals surface area contributed by atoms with Crippen molar-refractivity contribution in [3.05, 3.63) is 35.4 Å². The average molecular weight is 395 g/mol. The Bertz CT molecular complexity index is 735. The number of piperidine rings is 1. The zero-order chi connectivity index (χ0) is 19.8. The zero-order valence-electron chi connectivity index (χ0n) is 16.0. The van der Waals surface area contributed by atoms with E-state index in [1.807, 2.05) is 4.90 Å². The summed E-state index contributed by atoms with van der Waals surface area (Å²) in [6.45, 7) is 2.78. The van der Waals surface area contributed by atoms with Gasteiger partial charge in [-0.1, -0.05) is 0 Å². The number of nitrogens with zero attached hydrogens (tertiary/aromatic N) is 2. The molecule has 0 saturated carbocycles. The number of hydrogen-bond acceptors (Lipinski definition) is 5. The van der Waals surface area contributed by atoms with Gasteiger partial charge in [-0.25, -0.2) is 13.6 Å². The maximum Gasteiger partial charge on any atom is 0.409 e. The summed E-state index contributed by atoms with van der Waals surface area (Å²) < 4.78 is 38.5. The van der Waals surface area contributed by atoms with Crippen LogP contribution in [0.4, 0.5) is 13.6 Å². The summed E-state index contributed by atoms with van der Waals surface area (Å²) in [4.78, 5) is 16.2. The number of fused-ring (bicyclic) bond motifs is 1. The number of rotatable bonds is 2.